The van der Waals surface area contributed by atoms with Crippen molar-refractivity contribution in [3.05, 3.63) is 64.3 Å². The van der Waals surface area contributed by atoms with Crippen molar-refractivity contribution in [1.82, 2.24) is 9.59 Å². The van der Waals surface area contributed by atoms with Crippen LogP contribution in [0.1, 0.15) is 10.5 Å². The summed E-state index contributed by atoms with van der Waals surface area (Å²) in [5.74, 6) is -0.415. The summed E-state index contributed by atoms with van der Waals surface area (Å²) in [4.78, 5) is 12.4. The Labute approximate surface area is 146 Å². The summed E-state index contributed by atoms with van der Waals surface area (Å²) in [5, 5.41) is 11.1. The summed E-state index contributed by atoms with van der Waals surface area (Å²) in [6.07, 6.45) is 0. The lowest BCUT2D eigenvalue weighted by Gasteiger charge is -2.08. The first-order valence-corrected chi connectivity index (χ1v) is 8.07. The van der Waals surface area contributed by atoms with E-state index < -0.39 is 5.91 Å². The number of carbonyl (C=O) groups is 1. The number of nitrogens with one attached hydrogen (secondary N) is 2. The van der Waals surface area contributed by atoms with Crippen LogP contribution >= 0.6 is 34.7 Å². The molecule has 0 spiro atoms. The normalized spacial score (nSPS) is 10.3. The lowest BCUT2D eigenvalue weighted by Crippen LogP contribution is -2.14. The van der Waals surface area contributed by atoms with Crippen LogP contribution in [-0.4, -0.2) is 15.5 Å². The van der Waals surface area contributed by atoms with Crippen molar-refractivity contribution >= 4 is 57.0 Å². The molecule has 8 heteroatoms. The van der Waals surface area contributed by atoms with Crippen molar-refractivity contribution in [2.45, 2.75) is 0 Å². The monoisotopic (exact) mass is 364 g/mol. The van der Waals surface area contributed by atoms with Gasteiger partial charge in [0.25, 0.3) is 5.91 Å². The number of benzene rings is 2. The number of para-hydroxylation sites is 1. The second-order valence-electron chi connectivity index (χ2n) is 4.52. The first kappa shape index (κ1) is 15.7. The molecule has 1 heterocycles. The third-order valence-corrected chi connectivity index (χ3v) is 4.12. The van der Waals surface area contributed by atoms with E-state index in [-0.39, 0.29) is 5.69 Å². The second-order valence-corrected chi connectivity index (χ2v) is 6.12. The summed E-state index contributed by atoms with van der Waals surface area (Å²) < 4.78 is 3.83. The Morgan fingerprint density at radius 2 is 1.87 bits per heavy atom. The van der Waals surface area contributed by atoms with Crippen LogP contribution in [-0.2, 0) is 0 Å². The molecule has 1 aromatic heterocycles. The number of amides is 1. The maximum absolute atomic E-state index is 12.4. The van der Waals surface area contributed by atoms with Gasteiger partial charge in [0, 0.05) is 22.2 Å². The van der Waals surface area contributed by atoms with Crippen LogP contribution in [0.5, 0.6) is 0 Å². The predicted octanol–water partition coefficient (Wildman–Crippen LogP) is 4.84. The topological polar surface area (TPSA) is 66.9 Å². The lowest BCUT2D eigenvalue weighted by molar-refractivity contribution is 0.102. The van der Waals surface area contributed by atoms with Crippen molar-refractivity contribution < 1.29 is 4.79 Å². The number of hydrogen-bond acceptors (Lipinski definition) is 5. The standard InChI is InChI=1S/C15H10Cl2N4OS/c16-9-6-7-11(17)12(8-9)19-14(22)13-15(23-21-20-13)18-10-4-2-1-3-5-10/h1-8,18H,(H,19,22). The van der Waals surface area contributed by atoms with E-state index in [1.807, 2.05) is 30.3 Å². The van der Waals surface area contributed by atoms with Crippen LogP contribution in [0.3, 0.4) is 0 Å². The van der Waals surface area contributed by atoms with E-state index in [4.69, 9.17) is 23.2 Å². The summed E-state index contributed by atoms with van der Waals surface area (Å²) in [7, 11) is 0. The quantitative estimate of drug-likeness (QED) is 0.694. The summed E-state index contributed by atoms with van der Waals surface area (Å²) in [5.41, 5.74) is 1.45. The first-order valence-electron chi connectivity index (χ1n) is 6.54. The van der Waals surface area contributed by atoms with Gasteiger partial charge in [0.2, 0.25) is 0 Å². The molecule has 0 fully saturated rings. The minimum absolute atomic E-state index is 0.190. The van der Waals surface area contributed by atoms with Gasteiger partial charge in [-0.25, -0.2) is 0 Å². The van der Waals surface area contributed by atoms with Gasteiger partial charge in [-0.05, 0) is 30.3 Å². The van der Waals surface area contributed by atoms with E-state index in [1.165, 1.54) is 0 Å². The van der Waals surface area contributed by atoms with Crippen LogP contribution in [0.15, 0.2) is 48.5 Å². The highest BCUT2D eigenvalue weighted by Gasteiger charge is 2.18. The van der Waals surface area contributed by atoms with Gasteiger partial charge < -0.3 is 10.6 Å². The van der Waals surface area contributed by atoms with E-state index in [9.17, 15) is 4.79 Å². The highest BCUT2D eigenvalue weighted by Crippen LogP contribution is 2.28. The number of halogens is 2. The number of aromatic nitrogens is 2. The van der Waals surface area contributed by atoms with Crippen LogP contribution in [0.4, 0.5) is 16.4 Å². The Bertz CT molecular complexity index is 839. The van der Waals surface area contributed by atoms with E-state index >= 15 is 0 Å². The van der Waals surface area contributed by atoms with Crippen molar-refractivity contribution in [3.63, 3.8) is 0 Å². The average molecular weight is 365 g/mol. The van der Waals surface area contributed by atoms with Gasteiger partial charge in [-0.15, -0.1) is 5.10 Å². The van der Waals surface area contributed by atoms with Gasteiger partial charge in [-0.2, -0.15) is 0 Å². The molecule has 3 rings (SSSR count). The molecule has 0 saturated heterocycles. The fraction of sp³-hybridized carbons (Fsp3) is 0. The van der Waals surface area contributed by atoms with Gasteiger partial charge >= 0.3 is 0 Å². The van der Waals surface area contributed by atoms with Gasteiger partial charge in [0.05, 0.1) is 10.7 Å². The maximum Gasteiger partial charge on any atom is 0.279 e. The molecule has 0 atom stereocenters. The Kier molecular flexibility index (Phi) is 4.76. The summed E-state index contributed by atoms with van der Waals surface area (Å²) in [6.45, 7) is 0. The Morgan fingerprint density at radius 3 is 2.65 bits per heavy atom. The van der Waals surface area contributed by atoms with Crippen LogP contribution in [0, 0.1) is 0 Å². The molecule has 3 aromatic rings. The number of carbonyl (C=O) groups excluding carboxylic acids is 1. The fourth-order valence-electron chi connectivity index (χ4n) is 1.85. The molecule has 0 unspecified atom stereocenters. The number of anilines is 3. The summed E-state index contributed by atoms with van der Waals surface area (Å²) >= 11 is 13.1. The van der Waals surface area contributed by atoms with Crippen molar-refractivity contribution in [2.24, 2.45) is 0 Å². The average Bonchev–Trinajstić information content (AvgIpc) is 3.00. The lowest BCUT2D eigenvalue weighted by atomic mass is 10.3. The molecule has 0 aliphatic carbocycles. The number of nitrogens with zero attached hydrogens (tertiary/aromatic N) is 2. The Morgan fingerprint density at radius 1 is 1.09 bits per heavy atom. The van der Waals surface area contributed by atoms with Gasteiger partial charge in [-0.1, -0.05) is 45.9 Å². The molecule has 2 aromatic carbocycles. The van der Waals surface area contributed by atoms with Gasteiger partial charge in [0.1, 0.15) is 5.00 Å². The van der Waals surface area contributed by atoms with E-state index in [1.54, 1.807) is 18.2 Å². The third-order valence-electron chi connectivity index (χ3n) is 2.91. The zero-order valence-electron chi connectivity index (χ0n) is 11.6. The zero-order chi connectivity index (χ0) is 16.2. The first-order chi connectivity index (χ1) is 11.1. The molecule has 0 saturated carbocycles. The highest BCUT2D eigenvalue weighted by molar-refractivity contribution is 7.10. The molecular formula is C15H10Cl2N4OS. The van der Waals surface area contributed by atoms with Crippen molar-refractivity contribution in [3.8, 4) is 0 Å². The Balaban J connectivity index is 1.81. The molecule has 5 nitrogen and oxygen atoms in total. The zero-order valence-corrected chi connectivity index (χ0v) is 13.9. The molecular weight excluding hydrogens is 355 g/mol. The van der Waals surface area contributed by atoms with E-state index in [0.717, 1.165) is 17.2 Å². The van der Waals surface area contributed by atoms with Crippen molar-refractivity contribution in [1.29, 1.82) is 0 Å². The van der Waals surface area contributed by atoms with Crippen LogP contribution < -0.4 is 10.6 Å². The molecule has 23 heavy (non-hydrogen) atoms. The predicted molar refractivity (Wildman–Crippen MR) is 94.0 cm³/mol. The van der Waals surface area contributed by atoms with Crippen LogP contribution in [0.25, 0.3) is 0 Å². The molecule has 1 amide bonds. The second kappa shape index (κ2) is 6.95. The fourth-order valence-corrected chi connectivity index (χ4v) is 2.77. The maximum atomic E-state index is 12.4. The Hall–Kier alpha value is -2.15. The van der Waals surface area contributed by atoms with E-state index in [2.05, 4.69) is 20.2 Å². The number of hydrogen-bond donors (Lipinski definition) is 2. The van der Waals surface area contributed by atoms with Crippen LogP contribution in [0.2, 0.25) is 10.0 Å². The van der Waals surface area contributed by atoms with Gasteiger partial charge in [-0.3, -0.25) is 4.79 Å². The minimum Gasteiger partial charge on any atom is -0.344 e. The molecule has 0 radical (unpaired) electrons. The highest BCUT2D eigenvalue weighted by atomic mass is 35.5. The SMILES string of the molecule is O=C(Nc1cc(Cl)ccc1Cl)c1nnsc1Nc1ccccc1. The van der Waals surface area contributed by atoms with Gasteiger partial charge in [0.15, 0.2) is 5.69 Å². The largest absolute Gasteiger partial charge is 0.344 e. The third kappa shape index (κ3) is 3.79. The summed E-state index contributed by atoms with van der Waals surface area (Å²) in [6, 6.07) is 14.3. The molecule has 2 N–H and O–H groups in total. The molecule has 0 aliphatic heterocycles. The smallest absolute Gasteiger partial charge is 0.279 e. The van der Waals surface area contributed by atoms with Crippen molar-refractivity contribution in [2.75, 3.05) is 10.6 Å². The minimum atomic E-state index is -0.415. The molecule has 0 bridgehead atoms. The van der Waals surface area contributed by atoms with E-state index in [0.29, 0.717) is 20.7 Å². The molecule has 116 valence electrons. The number of rotatable bonds is 4. The molecule has 0 aliphatic rings.